The van der Waals surface area contributed by atoms with E-state index in [1.54, 1.807) is 6.92 Å². The Labute approximate surface area is 172 Å². The molecule has 2 aromatic rings. The van der Waals surface area contributed by atoms with Gasteiger partial charge in [-0.3, -0.25) is 0 Å². The van der Waals surface area contributed by atoms with E-state index in [-0.39, 0.29) is 0 Å². The molecule has 0 saturated heterocycles. The summed E-state index contributed by atoms with van der Waals surface area (Å²) < 4.78 is 0. The maximum Gasteiger partial charge on any atom is 0.129 e. The Morgan fingerprint density at radius 3 is 1.82 bits per heavy atom. The third-order valence-corrected chi connectivity index (χ3v) is 6.04. The lowest BCUT2D eigenvalue weighted by Crippen LogP contribution is -1.92. The quantitative estimate of drug-likeness (QED) is 0.284. The minimum atomic E-state index is 0.340. The van der Waals surface area contributed by atoms with Crippen LogP contribution in [0.3, 0.4) is 0 Å². The molecule has 1 heteroatoms. The van der Waals surface area contributed by atoms with E-state index in [0.717, 1.165) is 12.8 Å². The highest BCUT2D eigenvalue weighted by atomic mass is 16.1. The number of aryl methyl sites for hydroxylation is 2. The van der Waals surface area contributed by atoms with Crippen LogP contribution in [-0.2, 0) is 11.2 Å². The molecular formula is C27H40O. The molecule has 0 radical (unpaired) electrons. The second-order valence-electron chi connectivity index (χ2n) is 8.52. The Hall–Kier alpha value is -1.63. The minimum Gasteiger partial charge on any atom is -0.300 e. The van der Waals surface area contributed by atoms with Crippen LogP contribution >= 0.6 is 0 Å². The van der Waals surface area contributed by atoms with Crippen LogP contribution in [0.2, 0.25) is 0 Å². The van der Waals surface area contributed by atoms with Crippen molar-refractivity contribution in [1.29, 1.82) is 0 Å². The fourth-order valence-corrected chi connectivity index (χ4v) is 4.20. The van der Waals surface area contributed by atoms with Crippen molar-refractivity contribution < 1.29 is 4.79 Å². The first-order valence-electron chi connectivity index (χ1n) is 11.6. The summed E-state index contributed by atoms with van der Waals surface area (Å²) in [6, 6.07) is 13.3. The van der Waals surface area contributed by atoms with Gasteiger partial charge in [-0.1, -0.05) is 101 Å². The first-order chi connectivity index (χ1) is 13.7. The van der Waals surface area contributed by atoms with Crippen LogP contribution in [-0.4, -0.2) is 5.78 Å². The zero-order valence-electron chi connectivity index (χ0n) is 18.3. The van der Waals surface area contributed by atoms with Crippen molar-refractivity contribution >= 4 is 16.6 Å². The molecule has 28 heavy (non-hydrogen) atoms. The summed E-state index contributed by atoms with van der Waals surface area (Å²) >= 11 is 0. The number of fused-ring (bicyclic) bond motifs is 1. The van der Waals surface area contributed by atoms with Gasteiger partial charge < -0.3 is 4.79 Å². The zero-order chi connectivity index (χ0) is 20.0. The van der Waals surface area contributed by atoms with Gasteiger partial charge in [-0.2, -0.15) is 0 Å². The van der Waals surface area contributed by atoms with Crippen molar-refractivity contribution in [3.8, 4) is 0 Å². The largest absolute Gasteiger partial charge is 0.300 e. The molecule has 0 saturated carbocycles. The van der Waals surface area contributed by atoms with Gasteiger partial charge in [0, 0.05) is 6.42 Å². The molecule has 0 aliphatic heterocycles. The molecule has 0 amide bonds. The number of hydrogen-bond donors (Lipinski definition) is 0. The molecule has 0 aromatic heterocycles. The molecule has 0 N–H and O–H groups in total. The normalized spacial score (nSPS) is 11.2. The molecule has 0 aliphatic rings. The van der Waals surface area contributed by atoms with Crippen LogP contribution in [0.25, 0.3) is 10.8 Å². The van der Waals surface area contributed by atoms with Gasteiger partial charge in [-0.05, 0) is 55.0 Å². The Balaban J connectivity index is 1.44. The Bertz CT molecular complexity index is 700. The second-order valence-corrected chi connectivity index (χ2v) is 8.52. The van der Waals surface area contributed by atoms with Crippen LogP contribution in [0.4, 0.5) is 0 Å². The van der Waals surface area contributed by atoms with Crippen molar-refractivity contribution in [2.75, 3.05) is 0 Å². The predicted molar refractivity (Wildman–Crippen MR) is 123 cm³/mol. The lowest BCUT2D eigenvalue weighted by Gasteiger charge is -2.09. The van der Waals surface area contributed by atoms with E-state index in [2.05, 4.69) is 43.3 Å². The zero-order valence-corrected chi connectivity index (χ0v) is 18.3. The van der Waals surface area contributed by atoms with Crippen molar-refractivity contribution in [3.05, 3.63) is 47.5 Å². The number of ketones is 1. The van der Waals surface area contributed by atoms with E-state index >= 15 is 0 Å². The van der Waals surface area contributed by atoms with E-state index < -0.39 is 0 Å². The van der Waals surface area contributed by atoms with E-state index in [1.165, 1.54) is 98.9 Å². The number of carbonyl (C=O) groups excluding carboxylic acids is 1. The molecule has 2 rings (SSSR count). The standard InChI is InChI=1S/C27H40O/c1-23(28)17-13-11-9-7-5-3-4-6-8-10-12-14-18-25-21-22-26-19-15-16-20-27(26)24(25)2/h15-16,19-22H,3-14,17-18H2,1-2H3. The summed E-state index contributed by atoms with van der Waals surface area (Å²) in [5.41, 5.74) is 3.00. The molecule has 0 unspecified atom stereocenters. The van der Waals surface area contributed by atoms with Crippen LogP contribution < -0.4 is 0 Å². The molecule has 154 valence electrons. The van der Waals surface area contributed by atoms with E-state index in [4.69, 9.17) is 0 Å². The van der Waals surface area contributed by atoms with Gasteiger partial charge in [-0.15, -0.1) is 0 Å². The number of hydrogen-bond acceptors (Lipinski definition) is 1. The SMILES string of the molecule is CC(=O)CCCCCCCCCCCCCCc1ccc2ccccc2c1C. The monoisotopic (exact) mass is 380 g/mol. The maximum atomic E-state index is 10.9. The molecule has 0 bridgehead atoms. The van der Waals surface area contributed by atoms with Crippen molar-refractivity contribution in [3.63, 3.8) is 0 Å². The number of rotatable bonds is 15. The Morgan fingerprint density at radius 2 is 1.21 bits per heavy atom. The van der Waals surface area contributed by atoms with Crippen LogP contribution in [0.15, 0.2) is 36.4 Å². The lowest BCUT2D eigenvalue weighted by molar-refractivity contribution is -0.117. The van der Waals surface area contributed by atoms with Crippen LogP contribution in [0.1, 0.15) is 102 Å². The van der Waals surface area contributed by atoms with Gasteiger partial charge in [0.2, 0.25) is 0 Å². The Kier molecular flexibility index (Phi) is 10.9. The third-order valence-electron chi connectivity index (χ3n) is 6.04. The summed E-state index contributed by atoms with van der Waals surface area (Å²) in [5, 5.41) is 2.78. The van der Waals surface area contributed by atoms with Crippen molar-refractivity contribution in [2.24, 2.45) is 0 Å². The van der Waals surface area contributed by atoms with Gasteiger partial charge in [0.05, 0.1) is 0 Å². The average molecular weight is 381 g/mol. The first kappa shape index (κ1) is 22.7. The number of carbonyl (C=O) groups is 1. The summed E-state index contributed by atoms with van der Waals surface area (Å²) in [6.07, 6.45) is 18.0. The van der Waals surface area contributed by atoms with Crippen LogP contribution in [0, 0.1) is 6.92 Å². The molecular weight excluding hydrogens is 340 g/mol. The maximum absolute atomic E-state index is 10.9. The number of benzene rings is 2. The summed E-state index contributed by atoms with van der Waals surface area (Å²) in [7, 11) is 0. The van der Waals surface area contributed by atoms with Gasteiger partial charge in [-0.25, -0.2) is 0 Å². The molecule has 0 heterocycles. The molecule has 0 atom stereocenters. The minimum absolute atomic E-state index is 0.340. The summed E-state index contributed by atoms with van der Waals surface area (Å²) in [6.45, 7) is 3.98. The van der Waals surface area contributed by atoms with E-state index in [0.29, 0.717) is 5.78 Å². The predicted octanol–water partition coefficient (Wildman–Crippen LogP) is 8.35. The first-order valence-corrected chi connectivity index (χ1v) is 11.6. The van der Waals surface area contributed by atoms with Gasteiger partial charge in [0.1, 0.15) is 5.78 Å². The number of unbranched alkanes of at least 4 members (excludes halogenated alkanes) is 11. The highest BCUT2D eigenvalue weighted by molar-refractivity contribution is 5.86. The number of Topliss-reactive ketones (excluding diaryl/α,β-unsaturated/α-hetero) is 1. The van der Waals surface area contributed by atoms with Gasteiger partial charge >= 0.3 is 0 Å². The van der Waals surface area contributed by atoms with Crippen LogP contribution in [0.5, 0.6) is 0 Å². The highest BCUT2D eigenvalue weighted by Crippen LogP contribution is 2.23. The Morgan fingerprint density at radius 1 is 0.679 bits per heavy atom. The topological polar surface area (TPSA) is 17.1 Å². The molecule has 0 aliphatic carbocycles. The molecule has 0 spiro atoms. The summed E-state index contributed by atoms with van der Waals surface area (Å²) in [5.74, 6) is 0.340. The van der Waals surface area contributed by atoms with E-state index in [1.807, 2.05) is 0 Å². The summed E-state index contributed by atoms with van der Waals surface area (Å²) in [4.78, 5) is 10.9. The average Bonchev–Trinajstić information content (AvgIpc) is 2.69. The molecule has 1 nitrogen and oxygen atoms in total. The van der Waals surface area contributed by atoms with Gasteiger partial charge in [0.25, 0.3) is 0 Å². The third kappa shape index (κ3) is 8.59. The second kappa shape index (κ2) is 13.5. The fraction of sp³-hybridized carbons (Fsp3) is 0.593. The smallest absolute Gasteiger partial charge is 0.129 e. The lowest BCUT2D eigenvalue weighted by atomic mass is 9.96. The van der Waals surface area contributed by atoms with E-state index in [9.17, 15) is 4.79 Å². The molecule has 2 aromatic carbocycles. The molecule has 0 fully saturated rings. The highest BCUT2D eigenvalue weighted by Gasteiger charge is 2.03. The van der Waals surface area contributed by atoms with Crippen molar-refractivity contribution in [1.82, 2.24) is 0 Å². The van der Waals surface area contributed by atoms with Gasteiger partial charge in [0.15, 0.2) is 0 Å². The van der Waals surface area contributed by atoms with Crippen molar-refractivity contribution in [2.45, 2.75) is 104 Å². The fourth-order valence-electron chi connectivity index (χ4n) is 4.20.